The molecule has 0 aromatic heterocycles. The molecular formula is C14H16. The summed E-state index contributed by atoms with van der Waals surface area (Å²) in [6, 6.07) is 10.5. The van der Waals surface area contributed by atoms with Gasteiger partial charge in [-0.05, 0) is 36.8 Å². The van der Waals surface area contributed by atoms with Gasteiger partial charge in [-0.15, -0.1) is 0 Å². The third kappa shape index (κ3) is 2.14. The van der Waals surface area contributed by atoms with Crippen LogP contribution in [0.2, 0.25) is 0 Å². The molecule has 72 valence electrons. The zero-order valence-electron chi connectivity index (χ0n) is 8.50. The van der Waals surface area contributed by atoms with Crippen LogP contribution in [-0.4, -0.2) is 0 Å². The molecule has 1 aromatic carbocycles. The molecule has 0 bridgehead atoms. The molecule has 1 saturated carbocycles. The van der Waals surface area contributed by atoms with E-state index >= 15 is 0 Å². The second kappa shape index (κ2) is 4.28. The minimum atomic E-state index is 1.18. The van der Waals surface area contributed by atoms with Gasteiger partial charge < -0.3 is 0 Å². The second-order valence-corrected chi connectivity index (χ2v) is 3.89. The van der Waals surface area contributed by atoms with E-state index in [1.807, 2.05) is 0 Å². The number of hydrogen-bond donors (Lipinski definition) is 0. The van der Waals surface area contributed by atoms with Crippen molar-refractivity contribution in [3.05, 3.63) is 53.6 Å². The third-order valence-electron chi connectivity index (χ3n) is 2.77. The van der Waals surface area contributed by atoms with Gasteiger partial charge in [-0.3, -0.25) is 0 Å². The minimum Gasteiger partial charge on any atom is -0.0956 e. The first-order chi connectivity index (χ1) is 6.86. The number of allylic oxidation sites excluding steroid dienone is 2. The van der Waals surface area contributed by atoms with Crippen molar-refractivity contribution in [3.8, 4) is 0 Å². The number of rotatable bonds is 1. The Balaban J connectivity index is 2.21. The van der Waals surface area contributed by atoms with Gasteiger partial charge in [0.05, 0.1) is 0 Å². The summed E-state index contributed by atoms with van der Waals surface area (Å²) in [5.41, 5.74) is 4.08. The molecule has 0 heteroatoms. The molecule has 0 heterocycles. The maximum Gasteiger partial charge on any atom is -0.0254 e. The van der Waals surface area contributed by atoms with E-state index in [9.17, 15) is 0 Å². The van der Waals surface area contributed by atoms with Crippen LogP contribution in [0.3, 0.4) is 0 Å². The van der Waals surface area contributed by atoms with Crippen molar-refractivity contribution in [2.45, 2.75) is 25.7 Å². The van der Waals surface area contributed by atoms with Gasteiger partial charge >= 0.3 is 0 Å². The zero-order valence-corrected chi connectivity index (χ0v) is 8.50. The van der Waals surface area contributed by atoms with Gasteiger partial charge in [0.1, 0.15) is 0 Å². The first kappa shape index (κ1) is 9.26. The van der Waals surface area contributed by atoms with E-state index in [4.69, 9.17) is 0 Å². The predicted molar refractivity (Wildman–Crippen MR) is 62.0 cm³/mol. The minimum absolute atomic E-state index is 1.18. The fraction of sp³-hybridized carbons (Fsp3) is 0.286. The summed E-state index contributed by atoms with van der Waals surface area (Å²) in [6.45, 7) is 4.12. The van der Waals surface area contributed by atoms with Crippen LogP contribution in [0.5, 0.6) is 0 Å². The molecule has 0 saturated heterocycles. The van der Waals surface area contributed by atoms with Crippen molar-refractivity contribution in [2.75, 3.05) is 0 Å². The summed E-state index contributed by atoms with van der Waals surface area (Å²) in [5.74, 6) is 0. The lowest BCUT2D eigenvalue weighted by molar-refractivity contribution is 0.684. The fourth-order valence-corrected chi connectivity index (χ4v) is 1.92. The monoisotopic (exact) mass is 184 g/mol. The van der Waals surface area contributed by atoms with Gasteiger partial charge in [-0.1, -0.05) is 48.6 Å². The Kier molecular flexibility index (Phi) is 2.83. The molecule has 0 amide bonds. The van der Waals surface area contributed by atoms with Gasteiger partial charge in [0, 0.05) is 0 Å². The molecule has 0 unspecified atom stereocenters. The first-order valence-electron chi connectivity index (χ1n) is 5.30. The molecule has 1 aromatic rings. The molecule has 0 nitrogen and oxygen atoms in total. The molecule has 0 radical (unpaired) electrons. The molecule has 0 aliphatic heterocycles. The molecular weight excluding hydrogens is 168 g/mol. The summed E-state index contributed by atoms with van der Waals surface area (Å²) in [4.78, 5) is 0. The van der Waals surface area contributed by atoms with Crippen molar-refractivity contribution in [3.63, 3.8) is 0 Å². The molecule has 1 aliphatic rings. The maximum absolute atomic E-state index is 4.12. The fourth-order valence-electron chi connectivity index (χ4n) is 1.92. The van der Waals surface area contributed by atoms with Crippen LogP contribution < -0.4 is 0 Å². The summed E-state index contributed by atoms with van der Waals surface area (Å²) < 4.78 is 0. The molecule has 1 aliphatic carbocycles. The summed E-state index contributed by atoms with van der Waals surface area (Å²) in [7, 11) is 0. The SMILES string of the molecule is C=C1CCCC/C1=C\c1ccccc1. The molecule has 0 atom stereocenters. The molecule has 0 N–H and O–H groups in total. The van der Waals surface area contributed by atoms with E-state index in [1.54, 1.807) is 0 Å². The Morgan fingerprint density at radius 3 is 2.43 bits per heavy atom. The van der Waals surface area contributed by atoms with Crippen LogP contribution in [0.15, 0.2) is 48.1 Å². The van der Waals surface area contributed by atoms with E-state index in [0.717, 1.165) is 0 Å². The molecule has 0 spiro atoms. The number of hydrogen-bond acceptors (Lipinski definition) is 0. The largest absolute Gasteiger partial charge is 0.0956 e. The Bertz CT molecular complexity index is 344. The smallest absolute Gasteiger partial charge is 0.0254 e. The van der Waals surface area contributed by atoms with Crippen molar-refractivity contribution in [2.24, 2.45) is 0 Å². The molecule has 2 rings (SSSR count). The van der Waals surface area contributed by atoms with Crippen molar-refractivity contribution < 1.29 is 0 Å². The molecule has 14 heavy (non-hydrogen) atoms. The van der Waals surface area contributed by atoms with Crippen LogP contribution in [0.1, 0.15) is 31.2 Å². The van der Waals surface area contributed by atoms with Gasteiger partial charge in [0.2, 0.25) is 0 Å². The Labute approximate surface area is 86.0 Å². The maximum atomic E-state index is 4.12. The highest BCUT2D eigenvalue weighted by atomic mass is 14.1. The van der Waals surface area contributed by atoms with Crippen LogP contribution in [0.25, 0.3) is 6.08 Å². The van der Waals surface area contributed by atoms with E-state index in [1.165, 1.54) is 42.4 Å². The highest BCUT2D eigenvalue weighted by Gasteiger charge is 2.08. The van der Waals surface area contributed by atoms with Gasteiger partial charge in [-0.25, -0.2) is 0 Å². The summed E-state index contributed by atoms with van der Waals surface area (Å²) in [6.07, 6.45) is 7.29. The Hall–Kier alpha value is -1.30. The van der Waals surface area contributed by atoms with Crippen molar-refractivity contribution in [1.29, 1.82) is 0 Å². The van der Waals surface area contributed by atoms with Crippen LogP contribution in [0, 0.1) is 0 Å². The lowest BCUT2D eigenvalue weighted by Crippen LogP contribution is -1.96. The van der Waals surface area contributed by atoms with Gasteiger partial charge in [-0.2, -0.15) is 0 Å². The van der Waals surface area contributed by atoms with Gasteiger partial charge in [0.25, 0.3) is 0 Å². The summed E-state index contributed by atoms with van der Waals surface area (Å²) in [5, 5.41) is 0. The van der Waals surface area contributed by atoms with E-state index in [2.05, 4.69) is 43.0 Å². The standard InChI is InChI=1S/C14H16/c1-12-7-5-6-10-14(12)11-13-8-3-2-4-9-13/h2-4,8-9,11H,1,5-7,10H2/b14-11+. The quantitative estimate of drug-likeness (QED) is 0.613. The highest BCUT2D eigenvalue weighted by Crippen LogP contribution is 2.28. The Morgan fingerprint density at radius 1 is 1.00 bits per heavy atom. The van der Waals surface area contributed by atoms with Crippen LogP contribution in [0.4, 0.5) is 0 Å². The van der Waals surface area contributed by atoms with Crippen LogP contribution >= 0.6 is 0 Å². The lowest BCUT2D eigenvalue weighted by atomic mass is 9.89. The van der Waals surface area contributed by atoms with Crippen molar-refractivity contribution >= 4 is 6.08 Å². The Morgan fingerprint density at radius 2 is 1.71 bits per heavy atom. The van der Waals surface area contributed by atoms with Crippen molar-refractivity contribution in [1.82, 2.24) is 0 Å². The zero-order chi connectivity index (χ0) is 9.80. The van der Waals surface area contributed by atoms with Gasteiger partial charge in [0.15, 0.2) is 0 Å². The highest BCUT2D eigenvalue weighted by molar-refractivity contribution is 5.58. The van der Waals surface area contributed by atoms with E-state index < -0.39 is 0 Å². The molecule has 1 fully saturated rings. The first-order valence-corrected chi connectivity index (χ1v) is 5.30. The number of benzene rings is 1. The topological polar surface area (TPSA) is 0 Å². The second-order valence-electron chi connectivity index (χ2n) is 3.89. The summed E-state index contributed by atoms with van der Waals surface area (Å²) >= 11 is 0. The normalized spacial score (nSPS) is 20.0. The lowest BCUT2D eigenvalue weighted by Gasteiger charge is -2.16. The predicted octanol–water partition coefficient (Wildman–Crippen LogP) is 4.20. The average Bonchev–Trinajstić information content (AvgIpc) is 2.23. The third-order valence-corrected chi connectivity index (χ3v) is 2.77. The van der Waals surface area contributed by atoms with E-state index in [-0.39, 0.29) is 0 Å². The average molecular weight is 184 g/mol. The van der Waals surface area contributed by atoms with Crippen LogP contribution in [-0.2, 0) is 0 Å². The van der Waals surface area contributed by atoms with E-state index in [0.29, 0.717) is 0 Å².